The molecule has 70 heavy (non-hydrogen) atoms. The molecular formula is C67H42N2O. The highest BCUT2D eigenvalue weighted by molar-refractivity contribution is 6.15. The molecule has 0 unspecified atom stereocenters. The summed E-state index contributed by atoms with van der Waals surface area (Å²) in [7, 11) is 0. The number of fused-ring (bicyclic) bond motifs is 15. The van der Waals surface area contributed by atoms with Crippen LogP contribution in [0.4, 0.5) is 17.1 Å². The summed E-state index contributed by atoms with van der Waals surface area (Å²) in [5, 5.41) is 4.70. The molecule has 0 N–H and O–H groups in total. The Morgan fingerprint density at radius 3 is 1.70 bits per heavy atom. The molecule has 2 aromatic heterocycles. The van der Waals surface area contributed by atoms with Gasteiger partial charge in [-0.3, -0.25) is 0 Å². The Labute approximate surface area is 405 Å². The fourth-order valence-corrected chi connectivity index (χ4v) is 12.4. The third-order valence-corrected chi connectivity index (χ3v) is 15.2. The highest BCUT2D eigenvalue weighted by Crippen LogP contribution is 2.62. The molecule has 3 heterocycles. The molecule has 0 radical (unpaired) electrons. The van der Waals surface area contributed by atoms with E-state index >= 15 is 0 Å². The molecule has 2 aliphatic rings. The summed E-state index contributed by atoms with van der Waals surface area (Å²) in [5.41, 5.74) is 22.7. The number of benzene rings is 11. The molecule has 11 aromatic carbocycles. The van der Waals surface area contributed by atoms with E-state index < -0.39 is 5.41 Å². The van der Waals surface area contributed by atoms with Crippen molar-refractivity contribution in [3.05, 3.63) is 277 Å². The molecule has 0 amide bonds. The Hall–Kier alpha value is -9.18. The summed E-state index contributed by atoms with van der Waals surface area (Å²) in [6.45, 7) is 0. The third kappa shape index (κ3) is 5.34. The molecule has 3 heteroatoms. The zero-order valence-corrected chi connectivity index (χ0v) is 38.1. The van der Waals surface area contributed by atoms with Crippen molar-refractivity contribution in [2.75, 3.05) is 4.90 Å². The first-order chi connectivity index (χ1) is 34.8. The summed E-state index contributed by atoms with van der Waals surface area (Å²) in [5.74, 6) is 0. The maximum atomic E-state index is 6.58. The second-order valence-electron chi connectivity index (χ2n) is 18.7. The van der Waals surface area contributed by atoms with Crippen LogP contribution in [0.15, 0.2) is 259 Å². The van der Waals surface area contributed by atoms with Crippen LogP contribution < -0.4 is 4.90 Å². The Kier molecular flexibility index (Phi) is 8.28. The van der Waals surface area contributed by atoms with Crippen molar-refractivity contribution in [3.8, 4) is 50.2 Å². The topological polar surface area (TPSA) is 21.3 Å². The molecule has 0 bridgehead atoms. The van der Waals surface area contributed by atoms with Crippen molar-refractivity contribution in [2.24, 2.45) is 0 Å². The zero-order chi connectivity index (χ0) is 45.9. The first-order valence-corrected chi connectivity index (χ1v) is 24.2. The van der Waals surface area contributed by atoms with Gasteiger partial charge in [0.25, 0.3) is 0 Å². The minimum Gasteiger partial charge on any atom is -0.455 e. The molecule has 13 aromatic rings. The molecule has 1 spiro atoms. The van der Waals surface area contributed by atoms with Crippen molar-refractivity contribution in [3.63, 3.8) is 0 Å². The predicted molar refractivity (Wildman–Crippen MR) is 290 cm³/mol. The minimum atomic E-state index is -0.595. The predicted octanol–water partition coefficient (Wildman–Crippen LogP) is 17.8. The van der Waals surface area contributed by atoms with Gasteiger partial charge in [0.2, 0.25) is 0 Å². The van der Waals surface area contributed by atoms with Crippen molar-refractivity contribution in [1.82, 2.24) is 4.57 Å². The molecule has 1 aliphatic carbocycles. The number of furan rings is 1. The first-order valence-electron chi connectivity index (χ1n) is 24.2. The SMILES string of the molecule is c1ccc(-c2ccccc2-c2ccccc2N(c2ccc(-c3cccc4c3oc3ccccc34)cc2)c2cc3c4c(c2)c2ccccc2n4-c2ccccc2C32c3ccccc3-c3ccccc32)cc1. The van der Waals surface area contributed by atoms with E-state index in [1.807, 2.05) is 6.07 Å². The number of rotatable bonds is 6. The molecule has 15 rings (SSSR count). The lowest BCUT2D eigenvalue weighted by molar-refractivity contribution is 0.670. The molecule has 1 aliphatic heterocycles. The van der Waals surface area contributed by atoms with E-state index in [4.69, 9.17) is 4.42 Å². The van der Waals surface area contributed by atoms with Crippen molar-refractivity contribution >= 4 is 60.8 Å². The molecule has 0 atom stereocenters. The van der Waals surface area contributed by atoms with E-state index in [-0.39, 0.29) is 0 Å². The lowest BCUT2D eigenvalue weighted by atomic mass is 9.65. The van der Waals surface area contributed by atoms with Gasteiger partial charge >= 0.3 is 0 Å². The fraction of sp³-hybridized carbons (Fsp3) is 0.0149. The first kappa shape index (κ1) is 38.9. The summed E-state index contributed by atoms with van der Waals surface area (Å²) < 4.78 is 9.12. The van der Waals surface area contributed by atoms with Crippen molar-refractivity contribution in [1.29, 1.82) is 0 Å². The van der Waals surface area contributed by atoms with Crippen LogP contribution in [0.1, 0.15) is 22.3 Å². The van der Waals surface area contributed by atoms with Crippen LogP contribution in [0, 0.1) is 0 Å². The Morgan fingerprint density at radius 2 is 0.914 bits per heavy atom. The maximum absolute atomic E-state index is 6.58. The van der Waals surface area contributed by atoms with Crippen LogP contribution in [0.3, 0.4) is 0 Å². The van der Waals surface area contributed by atoms with Gasteiger partial charge in [0.05, 0.1) is 27.8 Å². The van der Waals surface area contributed by atoms with Gasteiger partial charge in [0.15, 0.2) is 0 Å². The minimum absolute atomic E-state index is 0.595. The Bertz CT molecular complexity index is 4200. The largest absolute Gasteiger partial charge is 0.455 e. The summed E-state index contributed by atoms with van der Waals surface area (Å²) in [6.07, 6.45) is 0. The number of para-hydroxylation sites is 5. The highest BCUT2D eigenvalue weighted by atomic mass is 16.3. The van der Waals surface area contributed by atoms with Crippen LogP contribution >= 0.6 is 0 Å². The normalized spacial score (nSPS) is 13.0. The van der Waals surface area contributed by atoms with Crippen LogP contribution in [0.5, 0.6) is 0 Å². The van der Waals surface area contributed by atoms with Gasteiger partial charge in [-0.1, -0.05) is 206 Å². The molecule has 0 saturated heterocycles. The van der Waals surface area contributed by atoms with Gasteiger partial charge in [-0.25, -0.2) is 0 Å². The van der Waals surface area contributed by atoms with Crippen LogP contribution in [0.2, 0.25) is 0 Å². The third-order valence-electron chi connectivity index (χ3n) is 15.2. The van der Waals surface area contributed by atoms with E-state index in [2.05, 4.69) is 258 Å². The van der Waals surface area contributed by atoms with E-state index in [0.29, 0.717) is 0 Å². The quantitative estimate of drug-likeness (QED) is 0.166. The van der Waals surface area contributed by atoms with Gasteiger partial charge in [-0.2, -0.15) is 0 Å². The maximum Gasteiger partial charge on any atom is 0.143 e. The number of hydrogen-bond acceptors (Lipinski definition) is 2. The highest BCUT2D eigenvalue weighted by Gasteiger charge is 2.51. The number of hydrogen-bond donors (Lipinski definition) is 0. The molecular weight excluding hydrogens is 849 g/mol. The number of anilines is 3. The van der Waals surface area contributed by atoms with Gasteiger partial charge < -0.3 is 13.9 Å². The molecule has 0 fully saturated rings. The summed E-state index contributed by atoms with van der Waals surface area (Å²) in [6, 6.07) is 93.7. The lowest BCUT2D eigenvalue weighted by Gasteiger charge is -2.40. The van der Waals surface area contributed by atoms with Crippen LogP contribution in [-0.4, -0.2) is 4.57 Å². The summed E-state index contributed by atoms with van der Waals surface area (Å²) >= 11 is 0. The average molecular weight is 891 g/mol. The second kappa shape index (κ2) is 14.9. The monoisotopic (exact) mass is 890 g/mol. The van der Waals surface area contributed by atoms with E-state index in [1.54, 1.807) is 0 Å². The second-order valence-corrected chi connectivity index (χ2v) is 18.7. The van der Waals surface area contributed by atoms with Gasteiger partial charge in [0.1, 0.15) is 11.2 Å². The van der Waals surface area contributed by atoms with E-state index in [9.17, 15) is 0 Å². The molecule has 326 valence electrons. The van der Waals surface area contributed by atoms with E-state index in [1.165, 1.54) is 77.6 Å². The summed E-state index contributed by atoms with van der Waals surface area (Å²) in [4.78, 5) is 2.51. The van der Waals surface area contributed by atoms with Crippen LogP contribution in [0.25, 0.3) is 93.9 Å². The van der Waals surface area contributed by atoms with E-state index in [0.717, 1.165) is 55.7 Å². The fourth-order valence-electron chi connectivity index (χ4n) is 12.4. The lowest BCUT2D eigenvalue weighted by Crippen LogP contribution is -2.33. The average Bonchev–Trinajstić information content (AvgIpc) is 4.09. The number of aromatic nitrogens is 1. The van der Waals surface area contributed by atoms with Crippen molar-refractivity contribution < 1.29 is 4.42 Å². The smallest absolute Gasteiger partial charge is 0.143 e. The Balaban J connectivity index is 1.04. The van der Waals surface area contributed by atoms with Gasteiger partial charge in [-0.05, 0) is 104 Å². The zero-order valence-electron chi connectivity index (χ0n) is 38.1. The molecule has 0 saturated carbocycles. The van der Waals surface area contributed by atoms with Crippen LogP contribution in [-0.2, 0) is 5.41 Å². The Morgan fingerprint density at radius 1 is 0.343 bits per heavy atom. The number of nitrogens with zero attached hydrogens (tertiary/aromatic N) is 2. The molecule has 3 nitrogen and oxygen atoms in total. The van der Waals surface area contributed by atoms with Gasteiger partial charge in [0, 0.05) is 44.0 Å². The standard InChI is InChI=1S/C67H42N2O/c1-2-19-43(20-3-1)47-21-4-5-22-49(47)52-25-8-14-33-61(52)68(45-39-37-44(38-40-45)48-28-18-29-55-54-27-10-17-36-64(54)70-66(48)55)46-41-56-53-26-9-15-34-62(53)69-63-35-16-13-32-59(63)67(60(42-46)65(56)69)57-30-11-6-23-50(57)51-24-7-12-31-58(51)67/h1-42H. The van der Waals surface area contributed by atoms with Gasteiger partial charge in [-0.15, -0.1) is 0 Å². The van der Waals surface area contributed by atoms with Crippen molar-refractivity contribution in [2.45, 2.75) is 5.41 Å².